The zero-order chi connectivity index (χ0) is 14.1. The summed E-state index contributed by atoms with van der Waals surface area (Å²) in [5.41, 5.74) is -3.69. The molecule has 0 heterocycles. The Hall–Kier alpha value is -1.54. The molecule has 9 heteroatoms. The van der Waals surface area contributed by atoms with Gasteiger partial charge in [0, 0.05) is 0 Å². The van der Waals surface area contributed by atoms with E-state index in [-0.39, 0.29) is 6.07 Å². The standard InChI is InChI=1S/C9H4F8O/c10-7(11)6-4(8(12,13)14)2-1-3-5(6)18-9(15,16)17/h1-3,7H. The maximum atomic E-state index is 12.4. The van der Waals surface area contributed by atoms with Crippen molar-refractivity contribution in [2.24, 2.45) is 0 Å². The molecule has 0 saturated heterocycles. The fourth-order valence-electron chi connectivity index (χ4n) is 1.23. The lowest BCUT2D eigenvalue weighted by atomic mass is 10.1. The number of hydrogen-bond acceptors (Lipinski definition) is 1. The van der Waals surface area contributed by atoms with E-state index in [2.05, 4.69) is 4.74 Å². The Morgan fingerprint density at radius 1 is 0.944 bits per heavy atom. The molecule has 0 aliphatic rings. The fourth-order valence-corrected chi connectivity index (χ4v) is 1.23. The average molecular weight is 280 g/mol. The summed E-state index contributed by atoms with van der Waals surface area (Å²) in [5.74, 6) is -1.56. The molecule has 0 aliphatic heterocycles. The molecule has 1 nitrogen and oxygen atoms in total. The van der Waals surface area contributed by atoms with E-state index in [1.165, 1.54) is 0 Å². The van der Waals surface area contributed by atoms with Crippen molar-refractivity contribution in [1.82, 2.24) is 0 Å². The molecule has 102 valence electrons. The molecule has 1 rings (SSSR count). The van der Waals surface area contributed by atoms with Crippen molar-refractivity contribution < 1.29 is 39.9 Å². The highest BCUT2D eigenvalue weighted by molar-refractivity contribution is 5.42. The second-order valence-corrected chi connectivity index (χ2v) is 3.06. The molecule has 0 fully saturated rings. The predicted octanol–water partition coefficient (Wildman–Crippen LogP) is 4.54. The molecule has 18 heavy (non-hydrogen) atoms. The monoisotopic (exact) mass is 280 g/mol. The van der Waals surface area contributed by atoms with Crippen LogP contribution in [0.15, 0.2) is 18.2 Å². The van der Waals surface area contributed by atoms with Crippen molar-refractivity contribution in [3.63, 3.8) is 0 Å². The van der Waals surface area contributed by atoms with E-state index in [0.29, 0.717) is 12.1 Å². The minimum absolute atomic E-state index is 0.255. The molecule has 1 aromatic carbocycles. The van der Waals surface area contributed by atoms with Gasteiger partial charge in [-0.3, -0.25) is 0 Å². The zero-order valence-electron chi connectivity index (χ0n) is 8.24. The van der Waals surface area contributed by atoms with E-state index in [4.69, 9.17) is 0 Å². The first-order valence-corrected chi connectivity index (χ1v) is 4.26. The van der Waals surface area contributed by atoms with Gasteiger partial charge in [0.15, 0.2) is 0 Å². The van der Waals surface area contributed by atoms with Crippen LogP contribution in [0.3, 0.4) is 0 Å². The summed E-state index contributed by atoms with van der Waals surface area (Å²) in [7, 11) is 0. The topological polar surface area (TPSA) is 9.23 Å². The Bertz CT molecular complexity index is 420. The second kappa shape index (κ2) is 4.62. The summed E-state index contributed by atoms with van der Waals surface area (Å²) in [6.45, 7) is 0. The molecule has 0 unspecified atom stereocenters. The van der Waals surface area contributed by atoms with Crippen molar-refractivity contribution in [2.75, 3.05) is 0 Å². The van der Waals surface area contributed by atoms with Crippen LogP contribution in [0.5, 0.6) is 5.75 Å². The quantitative estimate of drug-likeness (QED) is 0.722. The summed E-state index contributed by atoms with van der Waals surface area (Å²) in [6, 6.07) is 1.20. The molecule has 0 radical (unpaired) electrons. The van der Waals surface area contributed by atoms with Crippen LogP contribution in [0, 0.1) is 0 Å². The van der Waals surface area contributed by atoms with E-state index >= 15 is 0 Å². The summed E-state index contributed by atoms with van der Waals surface area (Å²) in [5, 5.41) is 0. The lowest BCUT2D eigenvalue weighted by Gasteiger charge is -2.17. The molecule has 0 amide bonds. The van der Waals surface area contributed by atoms with Crippen LogP contribution in [0.25, 0.3) is 0 Å². The number of halogens is 8. The molecule has 0 atom stereocenters. The van der Waals surface area contributed by atoms with E-state index in [1.54, 1.807) is 0 Å². The smallest absolute Gasteiger partial charge is 0.405 e. The summed E-state index contributed by atoms with van der Waals surface area (Å²) >= 11 is 0. The molecule has 0 aliphatic carbocycles. The normalized spacial score (nSPS) is 12.9. The highest BCUT2D eigenvalue weighted by Gasteiger charge is 2.40. The Labute approximate surface area is 95.0 Å². The zero-order valence-corrected chi connectivity index (χ0v) is 8.24. The van der Waals surface area contributed by atoms with Crippen LogP contribution in [-0.4, -0.2) is 6.36 Å². The predicted molar refractivity (Wildman–Crippen MR) is 43.1 cm³/mol. The molecule has 0 aromatic heterocycles. The molecule has 0 N–H and O–H groups in total. The van der Waals surface area contributed by atoms with Crippen molar-refractivity contribution >= 4 is 0 Å². The third-order valence-corrected chi connectivity index (χ3v) is 1.82. The third-order valence-electron chi connectivity index (χ3n) is 1.82. The van der Waals surface area contributed by atoms with Crippen LogP contribution in [-0.2, 0) is 6.18 Å². The highest BCUT2D eigenvalue weighted by atomic mass is 19.4. The number of benzene rings is 1. The van der Waals surface area contributed by atoms with Gasteiger partial charge in [-0.15, -0.1) is 13.2 Å². The van der Waals surface area contributed by atoms with Crippen molar-refractivity contribution in [1.29, 1.82) is 0 Å². The van der Waals surface area contributed by atoms with E-state index in [0.717, 1.165) is 0 Å². The SMILES string of the molecule is FC(F)c1c(OC(F)(F)F)cccc1C(F)(F)F. The van der Waals surface area contributed by atoms with Crippen LogP contribution >= 0.6 is 0 Å². The van der Waals surface area contributed by atoms with Gasteiger partial charge in [-0.1, -0.05) is 6.07 Å². The first-order chi connectivity index (χ1) is 8.02. The molecule has 0 saturated carbocycles. The number of ether oxygens (including phenoxy) is 1. The molecule has 1 aromatic rings. The first kappa shape index (κ1) is 14.5. The first-order valence-electron chi connectivity index (χ1n) is 4.26. The van der Waals surface area contributed by atoms with E-state index < -0.39 is 35.8 Å². The Morgan fingerprint density at radius 2 is 1.50 bits per heavy atom. The van der Waals surface area contributed by atoms with E-state index in [1.807, 2.05) is 0 Å². The highest BCUT2D eigenvalue weighted by Crippen LogP contribution is 2.42. The van der Waals surface area contributed by atoms with Gasteiger partial charge < -0.3 is 4.74 Å². The van der Waals surface area contributed by atoms with Crippen LogP contribution in [0.2, 0.25) is 0 Å². The van der Waals surface area contributed by atoms with Crippen LogP contribution < -0.4 is 4.74 Å². The number of hydrogen-bond donors (Lipinski definition) is 0. The summed E-state index contributed by atoms with van der Waals surface area (Å²) < 4.78 is 101. The maximum Gasteiger partial charge on any atom is 0.573 e. The lowest BCUT2D eigenvalue weighted by Crippen LogP contribution is -2.20. The van der Waals surface area contributed by atoms with Crippen LogP contribution in [0.4, 0.5) is 35.1 Å². The van der Waals surface area contributed by atoms with Crippen LogP contribution in [0.1, 0.15) is 17.6 Å². The summed E-state index contributed by atoms with van der Waals surface area (Å²) in [4.78, 5) is 0. The van der Waals surface area contributed by atoms with Gasteiger partial charge in [0.1, 0.15) is 5.75 Å². The minimum atomic E-state index is -5.35. The Morgan fingerprint density at radius 3 is 1.89 bits per heavy atom. The van der Waals surface area contributed by atoms with Gasteiger partial charge in [-0.05, 0) is 12.1 Å². The molecule has 0 spiro atoms. The third kappa shape index (κ3) is 3.47. The maximum absolute atomic E-state index is 12.4. The number of rotatable bonds is 2. The average Bonchev–Trinajstić information content (AvgIpc) is 2.12. The molecular formula is C9H4F8O. The number of alkyl halides is 8. The van der Waals surface area contributed by atoms with Gasteiger partial charge in [0.25, 0.3) is 6.43 Å². The van der Waals surface area contributed by atoms with Gasteiger partial charge in [-0.25, -0.2) is 8.78 Å². The Balaban J connectivity index is 3.36. The minimum Gasteiger partial charge on any atom is -0.405 e. The van der Waals surface area contributed by atoms with Gasteiger partial charge in [0.2, 0.25) is 0 Å². The van der Waals surface area contributed by atoms with Crippen molar-refractivity contribution in [2.45, 2.75) is 19.0 Å². The van der Waals surface area contributed by atoms with E-state index in [9.17, 15) is 35.1 Å². The van der Waals surface area contributed by atoms with Gasteiger partial charge in [-0.2, -0.15) is 13.2 Å². The Kier molecular flexibility index (Phi) is 3.72. The van der Waals surface area contributed by atoms with Gasteiger partial charge in [0.05, 0.1) is 11.1 Å². The fraction of sp³-hybridized carbons (Fsp3) is 0.333. The molecular weight excluding hydrogens is 276 g/mol. The second-order valence-electron chi connectivity index (χ2n) is 3.06. The van der Waals surface area contributed by atoms with Gasteiger partial charge >= 0.3 is 12.5 Å². The molecule has 0 bridgehead atoms. The van der Waals surface area contributed by atoms with Crippen molar-refractivity contribution in [3.8, 4) is 5.75 Å². The lowest BCUT2D eigenvalue weighted by molar-refractivity contribution is -0.275. The largest absolute Gasteiger partial charge is 0.573 e. The van der Waals surface area contributed by atoms with Crippen molar-refractivity contribution in [3.05, 3.63) is 29.3 Å². The summed E-state index contributed by atoms with van der Waals surface area (Å²) in [6.07, 6.45) is -14.3.